The maximum Gasteiger partial charge on any atom is 0.311 e. The molecule has 0 saturated carbocycles. The topological polar surface area (TPSA) is 55.8 Å². The summed E-state index contributed by atoms with van der Waals surface area (Å²) in [6.45, 7) is 15.6. The second-order valence-corrected chi connectivity index (χ2v) is 8.03. The number of carbonyl (C=O) groups is 1. The first-order chi connectivity index (χ1) is 11.6. The third-order valence-corrected chi connectivity index (χ3v) is 4.42. The van der Waals surface area contributed by atoms with Crippen LogP contribution < -0.4 is 0 Å². The van der Waals surface area contributed by atoms with E-state index in [0.717, 1.165) is 36.8 Å². The summed E-state index contributed by atoms with van der Waals surface area (Å²) in [5.74, 6) is -0.167. The molecule has 0 aliphatic carbocycles. The van der Waals surface area contributed by atoms with Crippen molar-refractivity contribution in [3.8, 4) is 0 Å². The lowest BCUT2D eigenvalue weighted by molar-refractivity contribution is -0.153. The number of ether oxygens (including phenoxy) is 2. The Morgan fingerprint density at radius 2 is 2.12 bits per heavy atom. The fourth-order valence-corrected chi connectivity index (χ4v) is 2.81. The predicted molar refractivity (Wildman–Crippen MR) is 100 cm³/mol. The summed E-state index contributed by atoms with van der Waals surface area (Å²) in [5, 5.41) is 10.0. The summed E-state index contributed by atoms with van der Waals surface area (Å²) >= 11 is 0. The van der Waals surface area contributed by atoms with Gasteiger partial charge in [-0.05, 0) is 70.9 Å². The van der Waals surface area contributed by atoms with Gasteiger partial charge in [0.2, 0.25) is 0 Å². The van der Waals surface area contributed by atoms with E-state index in [9.17, 15) is 9.90 Å². The molecule has 0 aromatic heterocycles. The number of aliphatic hydroxyl groups is 1. The highest BCUT2D eigenvalue weighted by atomic mass is 16.5. The van der Waals surface area contributed by atoms with E-state index >= 15 is 0 Å². The Labute approximate surface area is 152 Å². The average molecular weight is 350 g/mol. The second-order valence-electron chi connectivity index (χ2n) is 8.03. The molecule has 4 heteroatoms. The number of rotatable bonds is 9. The van der Waals surface area contributed by atoms with Gasteiger partial charge in [0.25, 0.3) is 0 Å². The van der Waals surface area contributed by atoms with Gasteiger partial charge in [0.05, 0.1) is 30.3 Å². The lowest BCUT2D eigenvalue weighted by Crippen LogP contribution is -2.23. The van der Waals surface area contributed by atoms with Crippen LogP contribution in [0.5, 0.6) is 0 Å². The standard InChI is InChI=1S/C21H34O4/c1-7-15(2)13-17(22)10-11-19-16(3)14-18(25-19)9-8-12-24-20(23)21(4,5)6/h17-19,22H,1,3,8-14H2,2,4-6H3/t17-,18+,19+/m1/s1. The molecule has 1 rings (SSSR count). The van der Waals surface area contributed by atoms with Gasteiger partial charge in [-0.1, -0.05) is 13.2 Å². The van der Waals surface area contributed by atoms with Crippen molar-refractivity contribution < 1.29 is 19.4 Å². The van der Waals surface area contributed by atoms with Crippen molar-refractivity contribution in [2.24, 2.45) is 5.41 Å². The van der Waals surface area contributed by atoms with Crippen molar-refractivity contribution in [1.29, 1.82) is 0 Å². The van der Waals surface area contributed by atoms with Gasteiger partial charge in [-0.2, -0.15) is 0 Å². The van der Waals surface area contributed by atoms with Crippen LogP contribution in [0.25, 0.3) is 0 Å². The number of aliphatic hydroxyl groups excluding tert-OH is 1. The number of esters is 1. The molecule has 0 amide bonds. The fraction of sp³-hybridized carbons (Fsp3) is 0.714. The maximum absolute atomic E-state index is 11.7. The van der Waals surface area contributed by atoms with Crippen LogP contribution in [0, 0.1) is 5.41 Å². The zero-order chi connectivity index (χ0) is 19.0. The summed E-state index contributed by atoms with van der Waals surface area (Å²) < 4.78 is 11.3. The Bertz CT molecular complexity index is 508. The zero-order valence-corrected chi connectivity index (χ0v) is 16.3. The summed E-state index contributed by atoms with van der Waals surface area (Å²) in [6, 6.07) is 0. The van der Waals surface area contributed by atoms with Crippen molar-refractivity contribution in [3.63, 3.8) is 0 Å². The molecule has 1 aliphatic rings. The Morgan fingerprint density at radius 1 is 1.44 bits per heavy atom. The van der Waals surface area contributed by atoms with Gasteiger partial charge in [0.15, 0.2) is 0 Å². The molecule has 25 heavy (non-hydrogen) atoms. The molecule has 1 aliphatic heterocycles. The van der Waals surface area contributed by atoms with Crippen LogP contribution in [-0.4, -0.2) is 36.0 Å². The van der Waals surface area contributed by atoms with Gasteiger partial charge in [0, 0.05) is 6.42 Å². The third-order valence-electron chi connectivity index (χ3n) is 4.42. The first-order valence-corrected chi connectivity index (χ1v) is 9.17. The first-order valence-electron chi connectivity index (χ1n) is 9.17. The van der Waals surface area contributed by atoms with Crippen molar-refractivity contribution in [1.82, 2.24) is 0 Å². The van der Waals surface area contributed by atoms with Gasteiger partial charge < -0.3 is 14.6 Å². The lowest BCUT2D eigenvalue weighted by Gasteiger charge is -2.18. The molecule has 142 valence electrons. The molecule has 3 atom stereocenters. The van der Waals surface area contributed by atoms with Gasteiger partial charge in [0.1, 0.15) is 0 Å². The molecule has 1 saturated heterocycles. The van der Waals surface area contributed by atoms with E-state index in [1.807, 2.05) is 27.7 Å². The zero-order valence-electron chi connectivity index (χ0n) is 16.3. The summed E-state index contributed by atoms with van der Waals surface area (Å²) in [6.07, 6.45) is 4.32. The second kappa shape index (κ2) is 9.96. The maximum atomic E-state index is 11.7. The fourth-order valence-electron chi connectivity index (χ4n) is 2.81. The van der Waals surface area contributed by atoms with Crippen molar-refractivity contribution in [2.45, 2.75) is 84.5 Å². The number of hydrogen-bond donors (Lipinski definition) is 1. The Morgan fingerprint density at radius 3 is 2.72 bits per heavy atom. The van der Waals surface area contributed by atoms with Crippen LogP contribution in [-0.2, 0) is 14.3 Å². The van der Waals surface area contributed by atoms with Gasteiger partial charge in [-0.3, -0.25) is 4.79 Å². The smallest absolute Gasteiger partial charge is 0.311 e. The minimum atomic E-state index is -0.455. The Kier molecular flexibility index (Phi) is 8.64. The molecule has 4 nitrogen and oxygen atoms in total. The van der Waals surface area contributed by atoms with E-state index in [1.165, 1.54) is 0 Å². The van der Waals surface area contributed by atoms with Crippen LogP contribution in [0.3, 0.4) is 0 Å². The quantitative estimate of drug-likeness (QED) is 0.291. The molecule has 0 aromatic rings. The van der Waals surface area contributed by atoms with Crippen molar-refractivity contribution >= 4 is 5.97 Å². The monoisotopic (exact) mass is 350 g/mol. The van der Waals surface area contributed by atoms with E-state index in [-0.39, 0.29) is 24.3 Å². The van der Waals surface area contributed by atoms with E-state index in [2.05, 4.69) is 18.9 Å². The van der Waals surface area contributed by atoms with Crippen LogP contribution in [0.1, 0.15) is 66.2 Å². The highest BCUT2D eigenvalue weighted by Crippen LogP contribution is 2.30. The Balaban J connectivity index is 2.25. The number of hydrogen-bond acceptors (Lipinski definition) is 4. The molecule has 0 spiro atoms. The lowest BCUT2D eigenvalue weighted by atomic mass is 9.97. The van der Waals surface area contributed by atoms with Crippen molar-refractivity contribution in [2.75, 3.05) is 6.61 Å². The third kappa shape index (κ3) is 8.04. The molecule has 1 heterocycles. The molecule has 0 unspecified atom stereocenters. The van der Waals surface area contributed by atoms with E-state index in [1.54, 1.807) is 0 Å². The first kappa shape index (κ1) is 21.7. The number of carbonyl (C=O) groups excluding carboxylic acids is 1. The molecule has 0 radical (unpaired) electrons. The van der Waals surface area contributed by atoms with Crippen molar-refractivity contribution in [3.05, 3.63) is 30.0 Å². The highest BCUT2D eigenvalue weighted by Gasteiger charge is 2.29. The normalized spacial score (nSPS) is 21.7. The van der Waals surface area contributed by atoms with Crippen LogP contribution in [0.2, 0.25) is 0 Å². The van der Waals surface area contributed by atoms with E-state index in [0.29, 0.717) is 19.4 Å². The molecule has 0 aromatic carbocycles. The van der Waals surface area contributed by atoms with Gasteiger partial charge in [-0.25, -0.2) is 0 Å². The summed E-state index contributed by atoms with van der Waals surface area (Å²) in [5.41, 5.74) is 4.42. The molecule has 1 fully saturated rings. The largest absolute Gasteiger partial charge is 0.465 e. The van der Waals surface area contributed by atoms with E-state index in [4.69, 9.17) is 9.47 Å². The van der Waals surface area contributed by atoms with Crippen LogP contribution >= 0.6 is 0 Å². The highest BCUT2D eigenvalue weighted by molar-refractivity contribution is 5.75. The summed E-state index contributed by atoms with van der Waals surface area (Å²) in [7, 11) is 0. The minimum Gasteiger partial charge on any atom is -0.465 e. The molecular weight excluding hydrogens is 316 g/mol. The molecule has 1 N–H and O–H groups in total. The minimum absolute atomic E-state index is 0.0183. The van der Waals surface area contributed by atoms with Gasteiger partial charge >= 0.3 is 5.97 Å². The van der Waals surface area contributed by atoms with Crippen LogP contribution in [0.15, 0.2) is 30.0 Å². The summed E-state index contributed by atoms with van der Waals surface area (Å²) in [4.78, 5) is 11.7. The van der Waals surface area contributed by atoms with E-state index < -0.39 is 5.41 Å². The SMILES string of the molecule is C=C=C(C)C[C@H](O)CC[C@@H]1O[C@@H](CCCOC(=O)C(C)(C)C)CC1=C. The predicted octanol–water partition coefficient (Wildman–Crippen LogP) is 4.33. The Hall–Kier alpha value is -1.35. The van der Waals surface area contributed by atoms with Crippen LogP contribution in [0.4, 0.5) is 0 Å². The van der Waals surface area contributed by atoms with Gasteiger partial charge in [-0.15, -0.1) is 5.73 Å². The molecule has 0 bridgehead atoms. The molecular formula is C21H34O4. The average Bonchev–Trinajstić information content (AvgIpc) is 2.88.